The number of benzene rings is 2. The van der Waals surface area contributed by atoms with Gasteiger partial charge in [-0.25, -0.2) is 0 Å². The minimum Gasteiger partial charge on any atom is -0.481 e. The van der Waals surface area contributed by atoms with Crippen molar-refractivity contribution >= 4 is 41.5 Å². The Balaban J connectivity index is 1.69. The van der Waals surface area contributed by atoms with Crippen molar-refractivity contribution in [1.29, 1.82) is 0 Å². The van der Waals surface area contributed by atoms with Gasteiger partial charge < -0.3 is 19.3 Å². The van der Waals surface area contributed by atoms with Crippen molar-refractivity contribution in [2.45, 2.75) is 43.8 Å². The van der Waals surface area contributed by atoms with Crippen LogP contribution in [0.2, 0.25) is 10.0 Å². The Morgan fingerprint density at radius 2 is 1.71 bits per heavy atom. The number of oxime groups is 1. The van der Waals surface area contributed by atoms with Crippen LogP contribution in [0.25, 0.3) is 0 Å². The lowest BCUT2D eigenvalue weighted by Gasteiger charge is -2.30. The first-order chi connectivity index (χ1) is 16.0. The third kappa shape index (κ3) is 4.68. The highest BCUT2D eigenvalue weighted by atomic mass is 35.5. The van der Waals surface area contributed by atoms with E-state index in [-0.39, 0.29) is 5.71 Å². The predicted molar refractivity (Wildman–Crippen MR) is 116 cm³/mol. The first-order valence-electron chi connectivity index (χ1n) is 10.1. The van der Waals surface area contributed by atoms with Gasteiger partial charge in [-0.15, -0.1) is 0 Å². The maximum absolute atomic E-state index is 14.3. The number of halogens is 8. The van der Waals surface area contributed by atoms with Crippen LogP contribution < -0.4 is 10.2 Å². The van der Waals surface area contributed by atoms with Gasteiger partial charge in [0.2, 0.25) is 0 Å². The summed E-state index contributed by atoms with van der Waals surface area (Å²) < 4.78 is 90.5. The fourth-order valence-electron chi connectivity index (χ4n) is 4.02. The van der Waals surface area contributed by atoms with Crippen molar-refractivity contribution in [2.75, 3.05) is 6.61 Å². The lowest BCUT2D eigenvalue weighted by atomic mass is 9.77. The number of ether oxygens (including phenoxy) is 1. The Bertz CT molecular complexity index is 1180. The fraction of sp³-hybridized carbons (Fsp3) is 0.381. The van der Waals surface area contributed by atoms with Gasteiger partial charge in [0.15, 0.2) is 12.4 Å². The summed E-state index contributed by atoms with van der Waals surface area (Å²) in [6.07, 6.45) is -10.5. The van der Waals surface area contributed by atoms with E-state index in [1.54, 1.807) is 19.9 Å². The van der Waals surface area contributed by atoms with Crippen LogP contribution in [0.1, 0.15) is 37.0 Å². The Kier molecular flexibility index (Phi) is 6.27. The topological polar surface area (TPSA) is 60.3 Å². The number of fused-ring (bicyclic) bond motifs is 1. The maximum atomic E-state index is 14.3. The molecule has 1 N–H and O–H groups in total. The molecule has 2 aromatic rings. The van der Waals surface area contributed by atoms with Crippen molar-refractivity contribution in [2.24, 2.45) is 5.16 Å². The Morgan fingerprint density at radius 3 is 2.29 bits per heavy atom. The second-order valence-corrected chi connectivity index (χ2v) is 9.40. The zero-order valence-corrected chi connectivity index (χ0v) is 19.5. The fourth-order valence-corrected chi connectivity index (χ4v) is 4.62. The number of nitrogens with zero attached hydrogens (tertiary/aromatic N) is 1. The van der Waals surface area contributed by atoms with E-state index in [2.05, 4.69) is 9.89 Å². The number of rotatable bonds is 4. The molecule has 35 heavy (non-hydrogen) atoms. The number of hydrogen-bond donors (Lipinski definition) is 1. The van der Waals surface area contributed by atoms with Gasteiger partial charge in [-0.1, -0.05) is 40.5 Å². The van der Waals surface area contributed by atoms with E-state index < -0.39 is 65.1 Å². The summed E-state index contributed by atoms with van der Waals surface area (Å²) in [5.41, 5.74) is -3.13. The lowest BCUT2D eigenvalue weighted by Crippen LogP contribution is -2.42. The molecule has 0 bridgehead atoms. The summed E-state index contributed by atoms with van der Waals surface area (Å²) in [5, 5.41) is 12.6. The van der Waals surface area contributed by atoms with Gasteiger partial charge >= 0.3 is 19.5 Å². The number of hydrogen-bond acceptors (Lipinski definition) is 5. The van der Waals surface area contributed by atoms with E-state index in [0.29, 0.717) is 16.6 Å². The smallest absolute Gasteiger partial charge is 0.481 e. The minimum absolute atomic E-state index is 0.0491. The molecule has 0 amide bonds. The zero-order chi connectivity index (χ0) is 26.0. The highest BCUT2D eigenvalue weighted by Crippen LogP contribution is 2.51. The van der Waals surface area contributed by atoms with Crippen molar-refractivity contribution in [3.05, 3.63) is 57.1 Å². The van der Waals surface area contributed by atoms with Crippen LogP contribution in [0, 0.1) is 0 Å². The average Bonchev–Trinajstić information content (AvgIpc) is 3.26. The molecule has 1 atom stereocenters. The molecule has 0 saturated heterocycles. The summed E-state index contributed by atoms with van der Waals surface area (Å²) in [6, 6.07) is 6.16. The molecule has 0 aromatic heterocycles. The van der Waals surface area contributed by atoms with E-state index in [0.717, 1.165) is 12.1 Å². The summed E-state index contributed by atoms with van der Waals surface area (Å²) in [7, 11) is -1.17. The summed E-state index contributed by atoms with van der Waals surface area (Å²) >= 11 is 11.9. The summed E-state index contributed by atoms with van der Waals surface area (Å²) in [4.78, 5) is 4.96. The molecule has 2 aliphatic rings. The third-order valence-corrected chi connectivity index (χ3v) is 6.30. The van der Waals surface area contributed by atoms with Gasteiger partial charge in [0.25, 0.3) is 5.60 Å². The molecule has 0 spiro atoms. The van der Waals surface area contributed by atoms with Gasteiger partial charge in [-0.3, -0.25) is 0 Å². The molecule has 0 fully saturated rings. The van der Waals surface area contributed by atoms with Crippen LogP contribution in [0.15, 0.2) is 35.5 Å². The molecule has 0 aliphatic carbocycles. The van der Waals surface area contributed by atoms with Gasteiger partial charge in [0.1, 0.15) is 0 Å². The van der Waals surface area contributed by atoms with Crippen LogP contribution in [0.3, 0.4) is 0 Å². The van der Waals surface area contributed by atoms with Crippen LogP contribution in [0.5, 0.6) is 5.75 Å². The molecule has 2 aromatic carbocycles. The zero-order valence-electron chi connectivity index (χ0n) is 18.0. The molecular weight excluding hydrogens is 526 g/mol. The van der Waals surface area contributed by atoms with Crippen LogP contribution >= 0.6 is 23.2 Å². The van der Waals surface area contributed by atoms with Crippen molar-refractivity contribution in [3.8, 4) is 5.75 Å². The van der Waals surface area contributed by atoms with Crippen molar-refractivity contribution in [3.63, 3.8) is 0 Å². The van der Waals surface area contributed by atoms with Gasteiger partial charge in [0.05, 0.1) is 21.4 Å². The average molecular weight is 542 g/mol. The summed E-state index contributed by atoms with van der Waals surface area (Å²) in [5.74, 6) is -0.606. The molecule has 1 unspecified atom stereocenters. The molecule has 5 nitrogen and oxygen atoms in total. The quantitative estimate of drug-likeness (QED) is 0.412. The van der Waals surface area contributed by atoms with E-state index in [1.807, 2.05) is 0 Å². The highest BCUT2D eigenvalue weighted by Gasteiger charge is 2.62. The van der Waals surface area contributed by atoms with Gasteiger partial charge in [-0.2, -0.15) is 26.3 Å². The lowest BCUT2D eigenvalue weighted by molar-refractivity contribution is -0.275. The molecule has 4 rings (SSSR count). The Morgan fingerprint density at radius 1 is 1.09 bits per heavy atom. The third-order valence-electron chi connectivity index (χ3n) is 5.74. The predicted octanol–water partition coefficient (Wildman–Crippen LogP) is 5.47. The largest absolute Gasteiger partial charge is 0.492 e. The second kappa shape index (κ2) is 8.46. The van der Waals surface area contributed by atoms with Gasteiger partial charge in [0, 0.05) is 12.0 Å². The second-order valence-electron chi connectivity index (χ2n) is 8.59. The van der Waals surface area contributed by atoms with Crippen LogP contribution in [-0.4, -0.2) is 36.8 Å². The standard InChI is InChI=1S/C21H16BCl2F6NO4/c1-18(2)12-5-10(3-4-13(12)22(32)34-18)16-8-19(35-31-16,21(28,29)30)11-6-14(23)17(15(24)7-11)33-9-20(25,26)27/h3-7,32H,8-9H2,1-2H3. The first-order valence-corrected chi connectivity index (χ1v) is 10.8. The molecule has 2 aliphatic heterocycles. The molecule has 0 radical (unpaired) electrons. The molecule has 188 valence electrons. The SMILES string of the molecule is CC1(C)OB(O)c2ccc(C3=NOC(c4cc(Cl)c(OCC(F)(F)F)c(Cl)c4)(C(F)(F)F)C3)cc21. The Hall–Kier alpha value is -2.15. The number of alkyl halides is 6. The van der Waals surface area contributed by atoms with Crippen molar-refractivity contribution in [1.82, 2.24) is 0 Å². The van der Waals surface area contributed by atoms with Crippen LogP contribution in [0.4, 0.5) is 26.3 Å². The van der Waals surface area contributed by atoms with E-state index >= 15 is 0 Å². The molecular formula is C21H16BCl2F6NO4. The molecule has 14 heteroatoms. The summed E-state index contributed by atoms with van der Waals surface area (Å²) in [6.45, 7) is 1.67. The minimum atomic E-state index is -5.01. The molecule has 2 heterocycles. The van der Waals surface area contributed by atoms with E-state index in [4.69, 9.17) is 32.7 Å². The molecule has 0 saturated carbocycles. The van der Waals surface area contributed by atoms with Gasteiger partial charge in [-0.05, 0) is 48.6 Å². The maximum Gasteiger partial charge on any atom is 0.492 e. The highest BCUT2D eigenvalue weighted by molar-refractivity contribution is 6.62. The first kappa shape index (κ1) is 25.9. The van der Waals surface area contributed by atoms with Crippen LogP contribution in [-0.2, 0) is 20.7 Å². The Labute approximate surface area is 205 Å². The monoisotopic (exact) mass is 541 g/mol. The van der Waals surface area contributed by atoms with Crippen molar-refractivity contribution < 1.29 is 45.6 Å². The van der Waals surface area contributed by atoms with E-state index in [9.17, 15) is 31.4 Å². The normalized spacial score (nSPS) is 21.6. The van der Waals surface area contributed by atoms with E-state index in [1.165, 1.54) is 12.1 Å².